The fourth-order valence-electron chi connectivity index (χ4n) is 3.70. The first-order chi connectivity index (χ1) is 13.0. The van der Waals surface area contributed by atoms with Gasteiger partial charge in [0.1, 0.15) is 11.6 Å². The van der Waals surface area contributed by atoms with Crippen LogP contribution in [-0.4, -0.2) is 22.1 Å². The minimum absolute atomic E-state index is 0.00120. The van der Waals surface area contributed by atoms with Gasteiger partial charge < -0.3 is 14.6 Å². The summed E-state index contributed by atoms with van der Waals surface area (Å²) in [5, 5.41) is 3.19. The summed E-state index contributed by atoms with van der Waals surface area (Å²) in [7, 11) is 2.00. The predicted octanol–water partition coefficient (Wildman–Crippen LogP) is 3.56. The molecule has 1 N–H and O–H groups in total. The fourth-order valence-corrected chi connectivity index (χ4v) is 3.70. The summed E-state index contributed by atoms with van der Waals surface area (Å²) < 4.78 is 7.69. The zero-order chi connectivity index (χ0) is 19.0. The van der Waals surface area contributed by atoms with E-state index in [1.165, 1.54) is 5.56 Å². The van der Waals surface area contributed by atoms with Crippen LogP contribution >= 0.6 is 0 Å². The Kier molecular flexibility index (Phi) is 4.60. The Labute approximate surface area is 159 Å². The molecule has 0 radical (unpaired) electrons. The molecule has 0 spiro atoms. The van der Waals surface area contributed by atoms with Gasteiger partial charge in [0.2, 0.25) is 5.91 Å². The number of carbonyl (C=O) groups is 1. The van der Waals surface area contributed by atoms with Gasteiger partial charge >= 0.3 is 0 Å². The number of hydrogen-bond donors (Lipinski definition) is 1. The van der Waals surface area contributed by atoms with Crippen LogP contribution in [0.4, 0.5) is 0 Å². The van der Waals surface area contributed by atoms with Crippen LogP contribution in [-0.2, 0) is 24.7 Å². The summed E-state index contributed by atoms with van der Waals surface area (Å²) in [4.78, 5) is 17.5. The Bertz CT molecular complexity index is 990. The number of hydrogen-bond acceptors (Lipinski definition) is 3. The lowest BCUT2D eigenvalue weighted by atomic mass is 10.0. The highest BCUT2D eigenvalue weighted by Gasteiger charge is 2.24. The van der Waals surface area contributed by atoms with E-state index in [4.69, 9.17) is 9.72 Å². The second-order valence-corrected chi connectivity index (χ2v) is 7.52. The molecule has 1 unspecified atom stereocenters. The molecule has 5 nitrogen and oxygen atoms in total. The smallest absolute Gasteiger partial charge is 0.225 e. The monoisotopic (exact) mass is 363 g/mol. The standard InChI is InChI=1S/C22H25N3O2/c1-14(2)21(22-23-17-6-4-5-7-18(17)25(22)3)24-20(26)13-15-8-9-16-10-11-27-19(16)12-15/h4-9,12,14,21H,10-11,13H2,1-3H3,(H,24,26). The summed E-state index contributed by atoms with van der Waals surface area (Å²) in [6, 6.07) is 14.0. The van der Waals surface area contributed by atoms with E-state index in [0.29, 0.717) is 6.42 Å². The van der Waals surface area contributed by atoms with Gasteiger partial charge in [-0.1, -0.05) is 38.1 Å². The van der Waals surface area contributed by atoms with E-state index in [-0.39, 0.29) is 17.9 Å². The number of nitrogens with zero attached hydrogens (tertiary/aromatic N) is 2. The van der Waals surface area contributed by atoms with Crippen LogP contribution in [0.2, 0.25) is 0 Å². The lowest BCUT2D eigenvalue weighted by molar-refractivity contribution is -0.121. The van der Waals surface area contributed by atoms with Gasteiger partial charge in [0.15, 0.2) is 0 Å². The molecule has 1 atom stereocenters. The number of carbonyl (C=O) groups excluding carboxylic acids is 1. The normalized spacial score (nSPS) is 14.2. The first-order valence-electron chi connectivity index (χ1n) is 9.48. The van der Waals surface area contributed by atoms with E-state index in [9.17, 15) is 4.79 Å². The number of benzene rings is 2. The van der Waals surface area contributed by atoms with Crippen LogP contribution in [0.5, 0.6) is 5.75 Å². The second-order valence-electron chi connectivity index (χ2n) is 7.52. The van der Waals surface area contributed by atoms with Crippen molar-refractivity contribution in [3.05, 3.63) is 59.4 Å². The minimum atomic E-state index is -0.138. The van der Waals surface area contributed by atoms with Crippen LogP contribution in [0.1, 0.15) is 36.8 Å². The van der Waals surface area contributed by atoms with Crippen molar-refractivity contribution in [3.63, 3.8) is 0 Å². The number of aromatic nitrogens is 2. The van der Waals surface area contributed by atoms with Crippen LogP contribution in [0.3, 0.4) is 0 Å². The number of fused-ring (bicyclic) bond motifs is 2. The molecule has 0 fully saturated rings. The van der Waals surface area contributed by atoms with Gasteiger partial charge in [0.25, 0.3) is 0 Å². The molecule has 3 aromatic rings. The maximum Gasteiger partial charge on any atom is 0.225 e. The molecule has 1 aliphatic heterocycles. The summed E-state index contributed by atoms with van der Waals surface area (Å²) >= 11 is 0. The lowest BCUT2D eigenvalue weighted by Crippen LogP contribution is -2.34. The van der Waals surface area contributed by atoms with E-state index < -0.39 is 0 Å². The average molecular weight is 363 g/mol. The Balaban J connectivity index is 1.54. The molecule has 140 valence electrons. The van der Waals surface area contributed by atoms with Gasteiger partial charge in [-0.25, -0.2) is 4.98 Å². The summed E-state index contributed by atoms with van der Waals surface area (Å²) in [6.07, 6.45) is 1.29. The molecule has 5 heteroatoms. The van der Waals surface area contributed by atoms with Gasteiger partial charge in [0, 0.05) is 13.5 Å². The van der Waals surface area contributed by atoms with Crippen molar-refractivity contribution in [1.29, 1.82) is 0 Å². The van der Waals surface area contributed by atoms with Gasteiger partial charge in [-0.2, -0.15) is 0 Å². The number of aryl methyl sites for hydroxylation is 1. The second kappa shape index (κ2) is 7.06. The lowest BCUT2D eigenvalue weighted by Gasteiger charge is -2.22. The molecular weight excluding hydrogens is 338 g/mol. The Morgan fingerprint density at radius 2 is 2.07 bits per heavy atom. The SMILES string of the molecule is CC(C)C(NC(=O)Cc1ccc2c(c1)OCC2)c1nc2ccccc2n1C. The van der Waals surface area contributed by atoms with Crippen LogP contribution < -0.4 is 10.1 Å². The molecule has 0 saturated carbocycles. The molecule has 1 aliphatic rings. The fraction of sp³-hybridized carbons (Fsp3) is 0.364. The zero-order valence-electron chi connectivity index (χ0n) is 16.0. The number of rotatable bonds is 5. The Morgan fingerprint density at radius 3 is 2.85 bits per heavy atom. The van der Waals surface area contributed by atoms with Crippen molar-refractivity contribution in [2.75, 3.05) is 6.61 Å². The number of amides is 1. The van der Waals surface area contributed by atoms with Gasteiger partial charge in [-0.3, -0.25) is 4.79 Å². The van der Waals surface area contributed by atoms with Crippen molar-refractivity contribution < 1.29 is 9.53 Å². The molecule has 1 amide bonds. The summed E-state index contributed by atoms with van der Waals surface area (Å²) in [5.74, 6) is 2.03. The van der Waals surface area contributed by atoms with E-state index in [2.05, 4.69) is 35.9 Å². The van der Waals surface area contributed by atoms with Gasteiger partial charge in [0.05, 0.1) is 30.1 Å². The topological polar surface area (TPSA) is 56.1 Å². The van der Waals surface area contributed by atoms with E-state index in [1.807, 2.05) is 37.4 Å². The molecule has 1 aromatic heterocycles. The highest BCUT2D eigenvalue weighted by Crippen LogP contribution is 2.27. The highest BCUT2D eigenvalue weighted by atomic mass is 16.5. The third kappa shape index (κ3) is 3.42. The van der Waals surface area contributed by atoms with E-state index >= 15 is 0 Å². The summed E-state index contributed by atoms with van der Waals surface area (Å²) in [5.41, 5.74) is 4.22. The average Bonchev–Trinajstić information content (AvgIpc) is 3.24. The Morgan fingerprint density at radius 1 is 1.26 bits per heavy atom. The molecule has 2 aromatic carbocycles. The molecular formula is C22H25N3O2. The first kappa shape index (κ1) is 17.6. The van der Waals surface area contributed by atoms with E-state index in [0.717, 1.165) is 41.2 Å². The van der Waals surface area contributed by atoms with Crippen molar-refractivity contribution in [1.82, 2.24) is 14.9 Å². The number of para-hydroxylation sites is 2. The maximum absolute atomic E-state index is 12.7. The third-order valence-corrected chi connectivity index (χ3v) is 5.21. The predicted molar refractivity (Wildman–Crippen MR) is 106 cm³/mol. The number of imidazole rings is 1. The van der Waals surface area contributed by atoms with Crippen molar-refractivity contribution in [2.24, 2.45) is 13.0 Å². The van der Waals surface area contributed by atoms with Crippen LogP contribution in [0.15, 0.2) is 42.5 Å². The van der Waals surface area contributed by atoms with Crippen molar-refractivity contribution in [2.45, 2.75) is 32.7 Å². The van der Waals surface area contributed by atoms with Crippen molar-refractivity contribution in [3.8, 4) is 5.75 Å². The van der Waals surface area contributed by atoms with E-state index in [1.54, 1.807) is 0 Å². The summed E-state index contributed by atoms with van der Waals surface area (Å²) in [6.45, 7) is 4.94. The number of ether oxygens (including phenoxy) is 1. The molecule has 0 saturated heterocycles. The quantitative estimate of drug-likeness (QED) is 0.754. The van der Waals surface area contributed by atoms with Crippen LogP contribution in [0.25, 0.3) is 11.0 Å². The Hall–Kier alpha value is -2.82. The molecule has 4 rings (SSSR count). The maximum atomic E-state index is 12.7. The molecule has 2 heterocycles. The number of nitrogens with one attached hydrogen (secondary N) is 1. The first-order valence-corrected chi connectivity index (χ1v) is 9.48. The van der Waals surface area contributed by atoms with Gasteiger partial charge in [-0.15, -0.1) is 0 Å². The van der Waals surface area contributed by atoms with Gasteiger partial charge in [-0.05, 0) is 35.2 Å². The molecule has 0 aliphatic carbocycles. The zero-order valence-corrected chi connectivity index (χ0v) is 16.0. The third-order valence-electron chi connectivity index (χ3n) is 5.21. The van der Waals surface area contributed by atoms with Crippen LogP contribution in [0, 0.1) is 5.92 Å². The molecule has 0 bridgehead atoms. The van der Waals surface area contributed by atoms with Crippen molar-refractivity contribution >= 4 is 16.9 Å². The minimum Gasteiger partial charge on any atom is -0.493 e. The molecule has 27 heavy (non-hydrogen) atoms. The highest BCUT2D eigenvalue weighted by molar-refractivity contribution is 5.80. The largest absolute Gasteiger partial charge is 0.493 e.